The van der Waals surface area contributed by atoms with Crippen LogP contribution >= 0.6 is 0 Å². The van der Waals surface area contributed by atoms with Crippen LogP contribution in [0.5, 0.6) is 0 Å². The van der Waals surface area contributed by atoms with Gasteiger partial charge in [0.15, 0.2) is 0 Å². The molecule has 1 aromatic carbocycles. The summed E-state index contributed by atoms with van der Waals surface area (Å²) in [6.45, 7) is 14.7. The van der Waals surface area contributed by atoms with Crippen LogP contribution in [0.25, 0.3) is 0 Å². The molecular formula is C17H29N. The van der Waals surface area contributed by atoms with Gasteiger partial charge in [0, 0.05) is 6.04 Å². The van der Waals surface area contributed by atoms with Gasteiger partial charge >= 0.3 is 0 Å². The van der Waals surface area contributed by atoms with E-state index in [1.807, 2.05) is 0 Å². The maximum absolute atomic E-state index is 3.66. The lowest BCUT2D eigenvalue weighted by molar-refractivity contribution is 0.396. The number of hydrogen-bond donors (Lipinski definition) is 1. The molecule has 2 atom stereocenters. The van der Waals surface area contributed by atoms with Crippen LogP contribution in [0.4, 0.5) is 0 Å². The minimum Gasteiger partial charge on any atom is -0.310 e. The lowest BCUT2D eigenvalue weighted by Crippen LogP contribution is -2.25. The average Bonchev–Trinajstić information content (AvgIpc) is 2.25. The summed E-state index contributed by atoms with van der Waals surface area (Å²) in [5.74, 6) is 1.54. The summed E-state index contributed by atoms with van der Waals surface area (Å²) in [7, 11) is 0. The zero-order valence-corrected chi connectivity index (χ0v) is 12.9. The molecule has 0 aliphatic rings. The van der Waals surface area contributed by atoms with Crippen molar-refractivity contribution in [1.29, 1.82) is 0 Å². The first-order chi connectivity index (χ1) is 8.40. The molecule has 102 valence electrons. The second-order valence-electron chi connectivity index (χ2n) is 6.22. The third-order valence-corrected chi connectivity index (χ3v) is 3.54. The van der Waals surface area contributed by atoms with Gasteiger partial charge in [0.05, 0.1) is 0 Å². The highest BCUT2D eigenvalue weighted by Crippen LogP contribution is 2.19. The van der Waals surface area contributed by atoms with Crippen LogP contribution in [0.3, 0.4) is 0 Å². The topological polar surface area (TPSA) is 12.0 Å². The predicted molar refractivity (Wildman–Crippen MR) is 81.0 cm³/mol. The van der Waals surface area contributed by atoms with Gasteiger partial charge in [0.25, 0.3) is 0 Å². The minimum atomic E-state index is 0.445. The molecule has 0 bridgehead atoms. The van der Waals surface area contributed by atoms with Gasteiger partial charge in [-0.15, -0.1) is 0 Å². The summed E-state index contributed by atoms with van der Waals surface area (Å²) < 4.78 is 0. The first-order valence-electron chi connectivity index (χ1n) is 7.20. The molecule has 0 aliphatic heterocycles. The van der Waals surface area contributed by atoms with E-state index in [2.05, 4.69) is 65.1 Å². The van der Waals surface area contributed by atoms with Crippen molar-refractivity contribution in [2.45, 2.75) is 54.0 Å². The maximum Gasteiger partial charge on any atom is 0.0294 e. The molecule has 18 heavy (non-hydrogen) atoms. The van der Waals surface area contributed by atoms with Gasteiger partial charge < -0.3 is 5.32 Å². The normalized spacial score (nSPS) is 14.8. The molecule has 0 spiro atoms. The van der Waals surface area contributed by atoms with Crippen molar-refractivity contribution in [2.24, 2.45) is 11.8 Å². The van der Waals surface area contributed by atoms with E-state index in [4.69, 9.17) is 0 Å². The Bertz CT molecular complexity index is 368. The standard InChI is InChI=1S/C17H29N/c1-12(2)9-14(4)11-18-16(6)17-8-7-13(3)10-15(17)5/h7-8,10,12,14,16,18H,9,11H2,1-6H3. The molecule has 2 unspecified atom stereocenters. The Balaban J connectivity index is 2.52. The molecule has 1 heteroatoms. The lowest BCUT2D eigenvalue weighted by Gasteiger charge is -2.21. The second kappa shape index (κ2) is 6.94. The zero-order chi connectivity index (χ0) is 13.7. The molecule has 0 amide bonds. The molecule has 0 saturated carbocycles. The molecule has 1 N–H and O–H groups in total. The van der Waals surface area contributed by atoms with Crippen LogP contribution in [0.2, 0.25) is 0 Å². The van der Waals surface area contributed by atoms with Crippen molar-refractivity contribution < 1.29 is 0 Å². The quantitative estimate of drug-likeness (QED) is 0.772. The smallest absolute Gasteiger partial charge is 0.0294 e. The highest BCUT2D eigenvalue weighted by molar-refractivity contribution is 5.32. The van der Waals surface area contributed by atoms with Crippen molar-refractivity contribution in [2.75, 3.05) is 6.54 Å². The van der Waals surface area contributed by atoms with E-state index in [-0.39, 0.29) is 0 Å². The van der Waals surface area contributed by atoms with Crippen molar-refractivity contribution in [1.82, 2.24) is 5.32 Å². The molecule has 0 aliphatic carbocycles. The third-order valence-electron chi connectivity index (χ3n) is 3.54. The number of hydrogen-bond acceptors (Lipinski definition) is 1. The summed E-state index contributed by atoms with van der Waals surface area (Å²) in [4.78, 5) is 0. The van der Waals surface area contributed by atoms with Crippen molar-refractivity contribution in [3.05, 3.63) is 34.9 Å². The van der Waals surface area contributed by atoms with Crippen molar-refractivity contribution >= 4 is 0 Å². The van der Waals surface area contributed by atoms with E-state index < -0.39 is 0 Å². The Morgan fingerprint density at radius 1 is 1.06 bits per heavy atom. The molecular weight excluding hydrogens is 218 g/mol. The fourth-order valence-electron chi connectivity index (χ4n) is 2.69. The highest BCUT2D eigenvalue weighted by atomic mass is 14.9. The van der Waals surface area contributed by atoms with E-state index in [1.54, 1.807) is 0 Å². The monoisotopic (exact) mass is 247 g/mol. The lowest BCUT2D eigenvalue weighted by atomic mass is 9.97. The van der Waals surface area contributed by atoms with Gasteiger partial charge in [-0.25, -0.2) is 0 Å². The first kappa shape index (κ1) is 15.2. The fourth-order valence-corrected chi connectivity index (χ4v) is 2.69. The Morgan fingerprint density at radius 2 is 1.72 bits per heavy atom. The summed E-state index contributed by atoms with van der Waals surface area (Å²) in [6, 6.07) is 7.18. The Hall–Kier alpha value is -0.820. The molecule has 0 radical (unpaired) electrons. The van der Waals surface area contributed by atoms with Crippen LogP contribution in [-0.2, 0) is 0 Å². The van der Waals surface area contributed by atoms with Gasteiger partial charge in [0.1, 0.15) is 0 Å². The molecule has 0 saturated heterocycles. The largest absolute Gasteiger partial charge is 0.310 e. The van der Waals surface area contributed by atoms with Crippen molar-refractivity contribution in [3.8, 4) is 0 Å². The van der Waals surface area contributed by atoms with E-state index in [0.29, 0.717) is 6.04 Å². The Labute approximate surface area is 113 Å². The number of nitrogens with one attached hydrogen (secondary N) is 1. The SMILES string of the molecule is Cc1ccc(C(C)NCC(C)CC(C)C)c(C)c1. The molecule has 0 aromatic heterocycles. The Kier molecular flexibility index (Phi) is 5.87. The van der Waals surface area contributed by atoms with Crippen LogP contribution in [0.15, 0.2) is 18.2 Å². The van der Waals surface area contributed by atoms with Crippen LogP contribution < -0.4 is 5.32 Å². The van der Waals surface area contributed by atoms with Crippen LogP contribution in [-0.4, -0.2) is 6.54 Å². The fraction of sp³-hybridized carbons (Fsp3) is 0.647. The van der Waals surface area contributed by atoms with Crippen LogP contribution in [0.1, 0.15) is 56.8 Å². The molecule has 0 heterocycles. The molecule has 1 rings (SSSR count). The number of aryl methyl sites for hydroxylation is 2. The maximum atomic E-state index is 3.66. The number of benzene rings is 1. The predicted octanol–water partition coefficient (Wildman–Crippen LogP) is 4.64. The molecule has 1 aromatic rings. The summed E-state index contributed by atoms with van der Waals surface area (Å²) in [6.07, 6.45) is 1.30. The van der Waals surface area contributed by atoms with Crippen molar-refractivity contribution in [3.63, 3.8) is 0 Å². The van der Waals surface area contributed by atoms with E-state index in [1.165, 1.54) is 23.1 Å². The average molecular weight is 247 g/mol. The number of rotatable bonds is 6. The Morgan fingerprint density at radius 3 is 2.28 bits per heavy atom. The van der Waals surface area contributed by atoms with Crippen LogP contribution in [0, 0.1) is 25.7 Å². The molecule has 0 fully saturated rings. The first-order valence-corrected chi connectivity index (χ1v) is 7.20. The van der Waals surface area contributed by atoms with Gasteiger partial charge in [-0.1, -0.05) is 44.5 Å². The van der Waals surface area contributed by atoms with Gasteiger partial charge in [-0.3, -0.25) is 0 Å². The third kappa shape index (κ3) is 4.81. The highest BCUT2D eigenvalue weighted by Gasteiger charge is 2.10. The van der Waals surface area contributed by atoms with E-state index in [9.17, 15) is 0 Å². The van der Waals surface area contributed by atoms with Gasteiger partial charge in [0.2, 0.25) is 0 Å². The second-order valence-corrected chi connectivity index (χ2v) is 6.22. The summed E-state index contributed by atoms with van der Waals surface area (Å²) >= 11 is 0. The summed E-state index contributed by atoms with van der Waals surface area (Å²) in [5, 5.41) is 3.66. The van der Waals surface area contributed by atoms with E-state index in [0.717, 1.165) is 18.4 Å². The summed E-state index contributed by atoms with van der Waals surface area (Å²) in [5.41, 5.74) is 4.17. The molecule has 1 nitrogen and oxygen atoms in total. The van der Waals surface area contributed by atoms with Gasteiger partial charge in [-0.2, -0.15) is 0 Å². The minimum absolute atomic E-state index is 0.445. The zero-order valence-electron chi connectivity index (χ0n) is 12.9. The van der Waals surface area contributed by atoms with Gasteiger partial charge in [-0.05, 0) is 56.7 Å². The van der Waals surface area contributed by atoms with E-state index >= 15 is 0 Å².